The minimum Gasteiger partial charge on any atom is -0.351 e. The molecule has 18 heavy (non-hydrogen) atoms. The molecule has 3 amide bonds. The number of para-hydroxylation sites is 1. The van der Waals surface area contributed by atoms with Crippen molar-refractivity contribution in [1.82, 2.24) is 4.90 Å². The maximum Gasteiger partial charge on any atom is 0.316 e. The molecule has 5 heteroatoms. The Labute approximate surface area is 106 Å². The van der Waals surface area contributed by atoms with Gasteiger partial charge in [0.15, 0.2) is 0 Å². The number of anilines is 1. The average Bonchev–Trinajstić information content (AvgIpc) is 2.39. The Morgan fingerprint density at radius 2 is 1.78 bits per heavy atom. The molecule has 1 fully saturated rings. The molecule has 2 rings (SSSR count). The van der Waals surface area contributed by atoms with Gasteiger partial charge in [0.25, 0.3) is 5.91 Å². The summed E-state index contributed by atoms with van der Waals surface area (Å²) in [6.07, 6.45) is 3.25. The number of hydrogen-bond acceptors (Lipinski definition) is 2. The summed E-state index contributed by atoms with van der Waals surface area (Å²) in [5, 5.41) is 2.48. The van der Waals surface area contributed by atoms with E-state index in [0.717, 1.165) is 25.9 Å². The summed E-state index contributed by atoms with van der Waals surface area (Å²) in [5.41, 5.74) is 6.07. The maximum absolute atomic E-state index is 12.3. The number of hydrogen-bond donors (Lipinski definition) is 2. The Kier molecular flexibility index (Phi) is 3.82. The first-order chi connectivity index (χ1) is 8.68. The van der Waals surface area contributed by atoms with Gasteiger partial charge in [0.1, 0.15) is 0 Å². The van der Waals surface area contributed by atoms with Crippen molar-refractivity contribution < 1.29 is 9.59 Å². The molecular formula is C13H17N3O2. The molecule has 0 atom stereocenters. The molecule has 0 spiro atoms. The summed E-state index contributed by atoms with van der Waals surface area (Å²) in [7, 11) is 0. The quantitative estimate of drug-likeness (QED) is 0.836. The van der Waals surface area contributed by atoms with Gasteiger partial charge in [0.2, 0.25) is 0 Å². The van der Waals surface area contributed by atoms with Gasteiger partial charge in [-0.15, -0.1) is 0 Å². The van der Waals surface area contributed by atoms with E-state index in [1.165, 1.54) is 6.42 Å². The van der Waals surface area contributed by atoms with Crippen LogP contribution in [0.4, 0.5) is 10.5 Å². The summed E-state index contributed by atoms with van der Waals surface area (Å²) < 4.78 is 0. The number of nitrogens with one attached hydrogen (secondary N) is 1. The lowest BCUT2D eigenvalue weighted by molar-refractivity contribution is 0.0725. The number of likely N-dealkylation sites (tertiary alicyclic amines) is 1. The first-order valence-corrected chi connectivity index (χ1v) is 6.13. The van der Waals surface area contributed by atoms with E-state index in [2.05, 4.69) is 5.32 Å². The highest BCUT2D eigenvalue weighted by atomic mass is 16.2. The largest absolute Gasteiger partial charge is 0.351 e. The summed E-state index contributed by atoms with van der Waals surface area (Å²) in [6, 6.07) is 6.28. The molecule has 5 nitrogen and oxygen atoms in total. The van der Waals surface area contributed by atoms with Crippen molar-refractivity contribution in [1.29, 1.82) is 0 Å². The fourth-order valence-electron chi connectivity index (χ4n) is 2.18. The van der Waals surface area contributed by atoms with Crippen LogP contribution in [0.15, 0.2) is 24.3 Å². The highest BCUT2D eigenvalue weighted by Crippen LogP contribution is 2.19. The van der Waals surface area contributed by atoms with Crippen LogP contribution in [0.25, 0.3) is 0 Å². The first kappa shape index (κ1) is 12.4. The fourth-order valence-corrected chi connectivity index (χ4v) is 2.18. The van der Waals surface area contributed by atoms with Gasteiger partial charge in [0.05, 0.1) is 11.3 Å². The molecule has 0 aliphatic carbocycles. The van der Waals surface area contributed by atoms with E-state index in [0.29, 0.717) is 11.3 Å². The highest BCUT2D eigenvalue weighted by molar-refractivity contribution is 6.03. The molecule has 0 saturated carbocycles. The van der Waals surface area contributed by atoms with Crippen LogP contribution in [0, 0.1) is 0 Å². The second-order valence-corrected chi connectivity index (χ2v) is 4.39. The monoisotopic (exact) mass is 247 g/mol. The van der Waals surface area contributed by atoms with E-state index in [9.17, 15) is 9.59 Å². The molecule has 1 heterocycles. The van der Waals surface area contributed by atoms with E-state index in [-0.39, 0.29) is 5.91 Å². The van der Waals surface area contributed by atoms with Crippen LogP contribution in [0.2, 0.25) is 0 Å². The zero-order chi connectivity index (χ0) is 13.0. The predicted octanol–water partition coefficient (Wildman–Crippen LogP) is 1.80. The van der Waals surface area contributed by atoms with Gasteiger partial charge in [-0.25, -0.2) is 4.79 Å². The van der Waals surface area contributed by atoms with Crippen molar-refractivity contribution >= 4 is 17.6 Å². The van der Waals surface area contributed by atoms with Crippen molar-refractivity contribution in [2.45, 2.75) is 19.3 Å². The third-order valence-electron chi connectivity index (χ3n) is 3.06. The van der Waals surface area contributed by atoms with E-state index in [4.69, 9.17) is 5.73 Å². The Bertz CT molecular complexity index is 453. The first-order valence-electron chi connectivity index (χ1n) is 6.13. The number of piperidine rings is 1. The second-order valence-electron chi connectivity index (χ2n) is 4.39. The van der Waals surface area contributed by atoms with Crippen LogP contribution in [0.1, 0.15) is 29.6 Å². The molecule has 1 saturated heterocycles. The van der Waals surface area contributed by atoms with E-state index in [1.807, 2.05) is 4.90 Å². The molecule has 1 aromatic carbocycles. The number of carbonyl (C=O) groups excluding carboxylic acids is 2. The van der Waals surface area contributed by atoms with Crippen LogP contribution >= 0.6 is 0 Å². The number of nitrogens with zero attached hydrogens (tertiary/aromatic N) is 1. The summed E-state index contributed by atoms with van der Waals surface area (Å²) in [6.45, 7) is 1.56. The van der Waals surface area contributed by atoms with Crippen molar-refractivity contribution in [2.24, 2.45) is 5.73 Å². The molecular weight excluding hydrogens is 230 g/mol. The molecule has 0 radical (unpaired) electrons. The number of urea groups is 1. The number of primary amides is 1. The van der Waals surface area contributed by atoms with Crippen LogP contribution < -0.4 is 11.1 Å². The molecule has 0 unspecified atom stereocenters. The molecule has 0 aromatic heterocycles. The molecule has 0 bridgehead atoms. The Hall–Kier alpha value is -2.04. The maximum atomic E-state index is 12.3. The Morgan fingerprint density at radius 1 is 1.11 bits per heavy atom. The summed E-state index contributed by atoms with van der Waals surface area (Å²) in [5.74, 6) is -0.0425. The Balaban J connectivity index is 2.20. The topological polar surface area (TPSA) is 75.4 Å². The molecule has 1 aliphatic rings. The van der Waals surface area contributed by atoms with Gasteiger partial charge in [-0.1, -0.05) is 12.1 Å². The smallest absolute Gasteiger partial charge is 0.316 e. The normalized spacial score (nSPS) is 15.2. The van der Waals surface area contributed by atoms with Gasteiger partial charge in [0, 0.05) is 13.1 Å². The summed E-state index contributed by atoms with van der Waals surface area (Å²) in [4.78, 5) is 25.1. The minimum atomic E-state index is -0.658. The third-order valence-corrected chi connectivity index (χ3v) is 3.06. The SMILES string of the molecule is NC(=O)Nc1ccccc1C(=O)N1CCCCC1. The third kappa shape index (κ3) is 2.80. The van der Waals surface area contributed by atoms with Gasteiger partial charge < -0.3 is 16.0 Å². The zero-order valence-electron chi connectivity index (χ0n) is 10.2. The van der Waals surface area contributed by atoms with Gasteiger partial charge in [-0.05, 0) is 31.4 Å². The van der Waals surface area contributed by atoms with Crippen LogP contribution in [-0.2, 0) is 0 Å². The minimum absolute atomic E-state index is 0.0425. The van der Waals surface area contributed by atoms with E-state index < -0.39 is 6.03 Å². The van der Waals surface area contributed by atoms with Gasteiger partial charge in [-0.2, -0.15) is 0 Å². The molecule has 3 N–H and O–H groups in total. The van der Waals surface area contributed by atoms with E-state index >= 15 is 0 Å². The number of benzene rings is 1. The van der Waals surface area contributed by atoms with Gasteiger partial charge >= 0.3 is 6.03 Å². The Morgan fingerprint density at radius 3 is 2.44 bits per heavy atom. The van der Waals surface area contributed by atoms with Crippen molar-refractivity contribution in [2.75, 3.05) is 18.4 Å². The van der Waals surface area contributed by atoms with Crippen LogP contribution in [0.3, 0.4) is 0 Å². The molecule has 96 valence electrons. The average molecular weight is 247 g/mol. The summed E-state index contributed by atoms with van der Waals surface area (Å²) >= 11 is 0. The lowest BCUT2D eigenvalue weighted by Crippen LogP contribution is -2.36. The number of rotatable bonds is 2. The number of nitrogens with two attached hydrogens (primary N) is 1. The standard InChI is InChI=1S/C13H17N3O2/c14-13(18)15-11-7-3-2-6-10(11)12(17)16-8-4-1-5-9-16/h2-3,6-7H,1,4-5,8-9H2,(H3,14,15,18). The molecule has 1 aliphatic heterocycles. The van der Waals surface area contributed by atoms with Gasteiger partial charge in [-0.3, -0.25) is 4.79 Å². The van der Waals surface area contributed by atoms with Crippen molar-refractivity contribution in [3.8, 4) is 0 Å². The predicted molar refractivity (Wildman–Crippen MR) is 69.4 cm³/mol. The zero-order valence-corrected chi connectivity index (χ0v) is 10.2. The van der Waals surface area contributed by atoms with Crippen molar-refractivity contribution in [3.05, 3.63) is 29.8 Å². The fraction of sp³-hybridized carbons (Fsp3) is 0.385. The van der Waals surface area contributed by atoms with Crippen LogP contribution in [-0.4, -0.2) is 29.9 Å². The number of carbonyl (C=O) groups is 2. The second kappa shape index (κ2) is 5.53. The number of amides is 3. The van der Waals surface area contributed by atoms with Crippen LogP contribution in [0.5, 0.6) is 0 Å². The lowest BCUT2D eigenvalue weighted by Gasteiger charge is -2.27. The van der Waals surface area contributed by atoms with Crippen molar-refractivity contribution in [3.63, 3.8) is 0 Å². The van der Waals surface area contributed by atoms with E-state index in [1.54, 1.807) is 24.3 Å². The molecule has 1 aromatic rings. The lowest BCUT2D eigenvalue weighted by atomic mass is 10.1. The highest BCUT2D eigenvalue weighted by Gasteiger charge is 2.20.